The van der Waals surface area contributed by atoms with Crippen LogP contribution in [0.15, 0.2) is 35.3 Å². The van der Waals surface area contributed by atoms with Crippen molar-refractivity contribution in [2.24, 2.45) is 16.1 Å². The molecular formula is C15H22N2O2S. The van der Waals surface area contributed by atoms with Crippen LogP contribution in [0, 0.1) is 5.41 Å². The van der Waals surface area contributed by atoms with Crippen molar-refractivity contribution >= 4 is 23.1 Å². The number of benzene rings is 1. The van der Waals surface area contributed by atoms with E-state index in [1.807, 2.05) is 18.2 Å². The number of aliphatic imine (C=N–C) groups is 1. The molecule has 0 aromatic heterocycles. The number of nitrogens with two attached hydrogens (primary N) is 1. The first-order valence-corrected chi connectivity index (χ1v) is 7.45. The molecule has 0 fully saturated rings. The highest BCUT2D eigenvalue weighted by Gasteiger charge is 2.27. The molecule has 0 spiro atoms. The van der Waals surface area contributed by atoms with Crippen LogP contribution >= 0.6 is 11.8 Å². The smallest absolute Gasteiger partial charge is 0.385 e. The number of rotatable bonds is 3. The monoisotopic (exact) mass is 294 g/mol. The predicted molar refractivity (Wildman–Crippen MR) is 85.1 cm³/mol. The second-order valence-electron chi connectivity index (χ2n) is 5.55. The molecule has 20 heavy (non-hydrogen) atoms. The van der Waals surface area contributed by atoms with Gasteiger partial charge in [0, 0.05) is 12.8 Å². The number of hydrogen-bond donors (Lipinski definition) is 1. The lowest BCUT2D eigenvalue weighted by atomic mass is 9.78. The van der Waals surface area contributed by atoms with Gasteiger partial charge in [0.25, 0.3) is 5.23 Å². The summed E-state index contributed by atoms with van der Waals surface area (Å²) in [6.45, 7) is 6.59. The van der Waals surface area contributed by atoms with E-state index in [0.29, 0.717) is 11.1 Å². The molecule has 0 aliphatic carbocycles. The van der Waals surface area contributed by atoms with Gasteiger partial charge in [-0.25, -0.2) is 9.79 Å². The second kappa shape index (κ2) is 7.33. The maximum absolute atomic E-state index is 10.8. The topological polar surface area (TPSA) is 64.7 Å². The fourth-order valence-electron chi connectivity index (χ4n) is 1.91. The molecule has 1 aromatic rings. The van der Waals surface area contributed by atoms with E-state index in [0.717, 1.165) is 5.75 Å². The third kappa shape index (κ3) is 5.25. The van der Waals surface area contributed by atoms with Gasteiger partial charge < -0.3 is 10.5 Å². The Bertz CT molecular complexity index is 467. The van der Waals surface area contributed by atoms with Crippen LogP contribution in [0.25, 0.3) is 0 Å². The predicted octanol–water partition coefficient (Wildman–Crippen LogP) is 3.63. The van der Waals surface area contributed by atoms with Gasteiger partial charge in [0.1, 0.15) is 0 Å². The lowest BCUT2D eigenvalue weighted by molar-refractivity contribution is 0.209. The minimum absolute atomic E-state index is 0.0972. The molecule has 1 aromatic carbocycles. The molecule has 110 valence electrons. The highest BCUT2D eigenvalue weighted by Crippen LogP contribution is 2.37. The molecule has 1 unspecified atom stereocenters. The van der Waals surface area contributed by atoms with E-state index in [2.05, 4.69) is 37.9 Å². The van der Waals surface area contributed by atoms with Gasteiger partial charge in [-0.2, -0.15) is 0 Å². The van der Waals surface area contributed by atoms with Crippen LogP contribution in [-0.2, 0) is 4.74 Å². The Morgan fingerprint density at radius 3 is 2.40 bits per heavy atom. The van der Waals surface area contributed by atoms with Crippen LogP contribution in [0.2, 0.25) is 0 Å². The van der Waals surface area contributed by atoms with E-state index in [9.17, 15) is 4.79 Å². The fraction of sp³-hybridized carbons (Fsp3) is 0.467. The Labute approximate surface area is 124 Å². The van der Waals surface area contributed by atoms with Crippen molar-refractivity contribution in [3.8, 4) is 0 Å². The number of ether oxygens (including phenoxy) is 1. The van der Waals surface area contributed by atoms with E-state index >= 15 is 0 Å². The summed E-state index contributed by atoms with van der Waals surface area (Å²) in [7, 11) is 1.58. The van der Waals surface area contributed by atoms with Crippen LogP contribution in [0.3, 0.4) is 0 Å². The van der Waals surface area contributed by atoms with Crippen molar-refractivity contribution in [3.05, 3.63) is 35.9 Å². The Balaban J connectivity index is 2.80. The van der Waals surface area contributed by atoms with Gasteiger partial charge in [0.2, 0.25) is 0 Å². The summed E-state index contributed by atoms with van der Waals surface area (Å²) >= 11 is 1.41. The molecule has 1 amide bonds. The number of thioether (sulfide) groups is 1. The van der Waals surface area contributed by atoms with E-state index < -0.39 is 6.09 Å². The van der Waals surface area contributed by atoms with Crippen molar-refractivity contribution in [1.82, 2.24) is 0 Å². The molecule has 0 saturated carbocycles. The van der Waals surface area contributed by atoms with E-state index in [1.165, 1.54) is 17.3 Å². The summed E-state index contributed by atoms with van der Waals surface area (Å²) in [5.41, 5.74) is 6.38. The normalized spacial score (nSPS) is 13.9. The van der Waals surface area contributed by atoms with Crippen LogP contribution in [-0.4, -0.2) is 24.1 Å². The summed E-state index contributed by atoms with van der Waals surface area (Å²) in [5, 5.41) is 0.308. The average molecular weight is 294 g/mol. The van der Waals surface area contributed by atoms with Crippen LogP contribution in [0.4, 0.5) is 4.79 Å². The summed E-state index contributed by atoms with van der Waals surface area (Å²) in [4.78, 5) is 14.7. The van der Waals surface area contributed by atoms with Gasteiger partial charge in [-0.05, 0) is 16.9 Å². The van der Waals surface area contributed by atoms with E-state index in [1.54, 1.807) is 7.05 Å². The Hall–Kier alpha value is -1.49. The Morgan fingerprint density at radius 2 is 1.95 bits per heavy atom. The third-order valence-corrected chi connectivity index (χ3v) is 4.00. The molecule has 0 aliphatic rings. The van der Waals surface area contributed by atoms with Crippen molar-refractivity contribution in [1.29, 1.82) is 0 Å². The van der Waals surface area contributed by atoms with E-state index in [4.69, 9.17) is 10.5 Å². The van der Waals surface area contributed by atoms with Crippen LogP contribution in [0.5, 0.6) is 0 Å². The molecule has 0 saturated heterocycles. The van der Waals surface area contributed by atoms with Crippen LogP contribution in [0.1, 0.15) is 32.3 Å². The highest BCUT2D eigenvalue weighted by molar-refractivity contribution is 8.13. The van der Waals surface area contributed by atoms with Crippen LogP contribution < -0.4 is 5.73 Å². The number of hydrogen-bond acceptors (Lipinski definition) is 4. The zero-order chi connectivity index (χ0) is 15.2. The zero-order valence-electron chi connectivity index (χ0n) is 12.4. The Kier molecular flexibility index (Phi) is 6.07. The summed E-state index contributed by atoms with van der Waals surface area (Å²) in [6.07, 6.45) is -0.829. The molecule has 1 atom stereocenters. The fourth-order valence-corrected chi connectivity index (χ4v) is 3.18. The molecule has 1 rings (SSSR count). The molecule has 5 heteroatoms. The summed E-state index contributed by atoms with van der Waals surface area (Å²) in [5.74, 6) is 1.09. The number of primary amides is 1. The quantitative estimate of drug-likeness (QED) is 0.684. The van der Waals surface area contributed by atoms with E-state index in [-0.39, 0.29) is 5.41 Å². The second-order valence-corrected chi connectivity index (χ2v) is 6.52. The van der Waals surface area contributed by atoms with Crippen molar-refractivity contribution in [2.75, 3.05) is 12.8 Å². The summed E-state index contributed by atoms with van der Waals surface area (Å²) in [6, 6.07) is 10.3. The molecule has 0 bridgehead atoms. The van der Waals surface area contributed by atoms with Gasteiger partial charge in [0.15, 0.2) is 0 Å². The molecule has 2 N–H and O–H groups in total. The lowest BCUT2D eigenvalue weighted by Gasteiger charge is -2.30. The lowest BCUT2D eigenvalue weighted by Crippen LogP contribution is -2.23. The van der Waals surface area contributed by atoms with Gasteiger partial charge in [-0.1, -0.05) is 62.9 Å². The third-order valence-electron chi connectivity index (χ3n) is 2.99. The first kappa shape index (κ1) is 16.6. The molecule has 0 radical (unpaired) electrons. The summed E-state index contributed by atoms with van der Waals surface area (Å²) < 4.78 is 4.85. The van der Waals surface area contributed by atoms with Crippen molar-refractivity contribution in [2.45, 2.75) is 26.7 Å². The first-order chi connectivity index (χ1) is 9.34. The van der Waals surface area contributed by atoms with Gasteiger partial charge in [0.05, 0.1) is 0 Å². The maximum atomic E-state index is 10.8. The molecule has 4 nitrogen and oxygen atoms in total. The SMILES string of the molecule is CN=C(OC(N)=O)SCC(c1ccccc1)C(C)(C)C. The van der Waals surface area contributed by atoms with Gasteiger partial charge in [-0.15, -0.1) is 0 Å². The number of carbonyl (C=O) groups excluding carboxylic acids is 1. The maximum Gasteiger partial charge on any atom is 0.411 e. The first-order valence-electron chi connectivity index (χ1n) is 6.46. The van der Waals surface area contributed by atoms with Gasteiger partial charge >= 0.3 is 6.09 Å². The minimum Gasteiger partial charge on any atom is -0.385 e. The molecule has 0 aliphatic heterocycles. The van der Waals surface area contributed by atoms with Crippen molar-refractivity contribution in [3.63, 3.8) is 0 Å². The van der Waals surface area contributed by atoms with Gasteiger partial charge in [-0.3, -0.25) is 0 Å². The number of carbonyl (C=O) groups is 1. The number of amides is 1. The zero-order valence-corrected chi connectivity index (χ0v) is 13.2. The standard InChI is InChI=1S/C15H22N2O2S/c1-15(2,3)12(11-8-6-5-7-9-11)10-20-14(17-4)19-13(16)18/h5-9,12H,10H2,1-4H3,(H2,16,18). The average Bonchev–Trinajstić information content (AvgIpc) is 2.36. The number of nitrogens with zero attached hydrogens (tertiary/aromatic N) is 1. The van der Waals surface area contributed by atoms with Crippen molar-refractivity contribution < 1.29 is 9.53 Å². The highest BCUT2D eigenvalue weighted by atomic mass is 32.2. The molecular weight excluding hydrogens is 272 g/mol. The molecule has 0 heterocycles. The Morgan fingerprint density at radius 1 is 1.35 bits per heavy atom. The minimum atomic E-state index is -0.829. The largest absolute Gasteiger partial charge is 0.411 e.